The summed E-state index contributed by atoms with van der Waals surface area (Å²) in [6, 6.07) is 8.90. The predicted molar refractivity (Wildman–Crippen MR) is 204 cm³/mol. The van der Waals surface area contributed by atoms with Gasteiger partial charge in [0.2, 0.25) is 0 Å². The van der Waals surface area contributed by atoms with E-state index in [0.717, 1.165) is 24.9 Å². The molecule has 1 fully saturated rings. The zero-order valence-corrected chi connectivity index (χ0v) is 32.1. The topological polar surface area (TPSA) is 143 Å². The van der Waals surface area contributed by atoms with Gasteiger partial charge in [-0.15, -0.1) is 0 Å². The molecule has 296 valence electrons. The first-order valence-electron chi connectivity index (χ1n) is 17.4. The maximum Gasteiger partial charge on any atom is 0.407 e. The molecule has 2 amide bonds. The highest BCUT2D eigenvalue weighted by Crippen LogP contribution is 2.62. The number of nitrogens with zero attached hydrogens (tertiary/aromatic N) is 6. The Bertz CT molecular complexity index is 2080. The van der Waals surface area contributed by atoms with E-state index in [1.165, 1.54) is 61.9 Å². The van der Waals surface area contributed by atoms with Crippen molar-refractivity contribution >= 4 is 53.1 Å². The molecule has 1 saturated carbocycles. The fraction of sp³-hybridized carbons (Fsp3) is 0.412. The van der Waals surface area contributed by atoms with E-state index in [4.69, 9.17) is 21.7 Å². The van der Waals surface area contributed by atoms with Crippen LogP contribution >= 0.6 is 11.6 Å². The number of carbonyl (C=O) groups excluding carboxylic acids is 2. The van der Waals surface area contributed by atoms with Crippen LogP contribution in [0.2, 0.25) is 5.02 Å². The highest BCUT2D eigenvalue weighted by atomic mass is 35.5. The molecule has 2 atom stereocenters. The SMILES string of the molecule is BC(B)(B)n1cnc(-c2cc([C@@H](COC(=O)NC(C)(C)C(F)F)N(C(=N)NCC[C@]3(C)CC3(F)F)C(=O)c3ccc(-c4cnn(C(F)F)c4)cc3)ccc2Cl)n1. The summed E-state index contributed by atoms with van der Waals surface area (Å²) >= 11 is 6.61. The molecule has 56 heavy (non-hydrogen) atoms. The monoisotopic (exact) mass is 803 g/mol. The van der Waals surface area contributed by atoms with E-state index >= 15 is 0 Å². The van der Waals surface area contributed by atoms with Gasteiger partial charge in [0.05, 0.1) is 22.8 Å². The quantitative estimate of drug-likeness (QED) is 0.0750. The van der Waals surface area contributed by atoms with Gasteiger partial charge < -0.3 is 15.4 Å². The summed E-state index contributed by atoms with van der Waals surface area (Å²) in [7, 11) is 5.73. The lowest BCUT2D eigenvalue weighted by Crippen LogP contribution is -2.51. The number of hydrogen-bond donors (Lipinski definition) is 3. The number of carbonyl (C=O) groups is 2. The van der Waals surface area contributed by atoms with E-state index in [-0.39, 0.29) is 41.4 Å². The van der Waals surface area contributed by atoms with E-state index in [0.29, 0.717) is 21.4 Å². The van der Waals surface area contributed by atoms with Crippen molar-refractivity contribution in [3.8, 4) is 22.5 Å². The normalized spacial score (nSPS) is 17.1. The van der Waals surface area contributed by atoms with Gasteiger partial charge in [0.1, 0.15) is 36.5 Å². The van der Waals surface area contributed by atoms with E-state index < -0.39 is 65.7 Å². The van der Waals surface area contributed by atoms with Crippen LogP contribution in [0, 0.1) is 10.8 Å². The highest BCUT2D eigenvalue weighted by Gasteiger charge is 2.67. The summed E-state index contributed by atoms with van der Waals surface area (Å²) < 4.78 is 89.3. The molecule has 0 radical (unpaired) electrons. The zero-order chi connectivity index (χ0) is 41.4. The molecule has 0 bridgehead atoms. The Morgan fingerprint density at radius 1 is 1.09 bits per heavy atom. The first kappa shape index (κ1) is 42.2. The molecule has 4 aromatic rings. The fourth-order valence-electron chi connectivity index (χ4n) is 5.66. The largest absolute Gasteiger partial charge is 0.447 e. The van der Waals surface area contributed by atoms with Crippen molar-refractivity contribution in [3.05, 3.63) is 77.3 Å². The Hall–Kier alpha value is -4.94. The average molecular weight is 804 g/mol. The number of halogens is 7. The smallest absolute Gasteiger partial charge is 0.407 e. The Balaban J connectivity index is 1.55. The molecule has 22 heteroatoms. The number of hydrogen-bond acceptors (Lipinski definition) is 7. The highest BCUT2D eigenvalue weighted by molar-refractivity contribution is 6.56. The van der Waals surface area contributed by atoms with Crippen LogP contribution in [0.1, 0.15) is 62.1 Å². The number of aromatic nitrogens is 5. The van der Waals surface area contributed by atoms with E-state index in [1.807, 2.05) is 23.5 Å². The number of benzene rings is 2. The van der Waals surface area contributed by atoms with E-state index in [2.05, 4.69) is 25.8 Å². The minimum Gasteiger partial charge on any atom is -0.447 e. The number of rotatable bonds is 14. The number of guanidine groups is 1. The second kappa shape index (κ2) is 15.9. The van der Waals surface area contributed by atoms with Gasteiger partial charge in [-0.05, 0) is 60.9 Å². The Labute approximate surface area is 326 Å². The standard InChI is InChI=1S/C34H39B3ClF6N9O3/c1-31(2,27(39)40)49-30(55)56-15-24(20-8-9-23(38)22(12-20)25-47-17-52(50-25)34(35,36)37)53(29(45)46-11-10-32(3)16-33(32,43)44)26(54)19-6-4-18(5-7-19)21-13-48-51(14-21)28(41)42/h4-9,12-14,17,24,27-28H,10-11,15-16,35-37H2,1-3H3,(H2,45,46)(H,49,55)/t24-,32-/m1/s1. The number of alkyl halides is 6. The van der Waals surface area contributed by atoms with Gasteiger partial charge in [-0.1, -0.05) is 36.7 Å². The molecule has 3 N–H and O–H groups in total. The summed E-state index contributed by atoms with van der Waals surface area (Å²) in [4.78, 5) is 32.8. The van der Waals surface area contributed by atoms with E-state index in [9.17, 15) is 35.9 Å². The fourth-order valence-corrected chi connectivity index (χ4v) is 5.86. The van der Waals surface area contributed by atoms with Crippen molar-refractivity contribution < 1.29 is 40.7 Å². The van der Waals surface area contributed by atoms with E-state index in [1.54, 1.807) is 4.68 Å². The minimum atomic E-state index is -2.96. The molecular weight excluding hydrogens is 764 g/mol. The van der Waals surface area contributed by atoms with Crippen LogP contribution < -0.4 is 10.6 Å². The molecule has 0 spiro atoms. The van der Waals surface area contributed by atoms with Crippen LogP contribution in [0.3, 0.4) is 0 Å². The first-order valence-corrected chi connectivity index (χ1v) is 17.8. The lowest BCUT2D eigenvalue weighted by molar-refractivity contribution is 0.0402. The van der Waals surface area contributed by atoms with Crippen molar-refractivity contribution in [2.75, 3.05) is 13.2 Å². The van der Waals surface area contributed by atoms with Crippen molar-refractivity contribution in [2.24, 2.45) is 5.41 Å². The zero-order valence-electron chi connectivity index (χ0n) is 31.4. The molecule has 1 aliphatic rings. The predicted octanol–water partition coefficient (Wildman–Crippen LogP) is 4.24. The third kappa shape index (κ3) is 9.36. The average Bonchev–Trinajstić information content (AvgIpc) is 3.59. The third-order valence-corrected chi connectivity index (χ3v) is 9.84. The van der Waals surface area contributed by atoms with Crippen molar-refractivity contribution in [3.63, 3.8) is 0 Å². The molecule has 2 heterocycles. The van der Waals surface area contributed by atoms with Crippen LogP contribution in [0.15, 0.2) is 61.2 Å². The van der Waals surface area contributed by atoms with Gasteiger partial charge in [-0.25, -0.2) is 32.0 Å². The molecule has 0 aliphatic heterocycles. The van der Waals surface area contributed by atoms with Crippen LogP contribution in [-0.4, -0.2) is 102 Å². The summed E-state index contributed by atoms with van der Waals surface area (Å²) in [5.74, 6) is -4.06. The Morgan fingerprint density at radius 3 is 2.30 bits per heavy atom. The van der Waals surface area contributed by atoms with Gasteiger partial charge in [0, 0.05) is 41.3 Å². The number of nitrogens with one attached hydrogen (secondary N) is 3. The van der Waals surface area contributed by atoms with Crippen molar-refractivity contribution in [1.29, 1.82) is 5.41 Å². The Morgan fingerprint density at radius 2 is 1.75 bits per heavy atom. The number of amides is 2. The minimum absolute atomic E-state index is 0.00435. The molecule has 12 nitrogen and oxygen atoms in total. The van der Waals surface area contributed by atoms with Crippen molar-refractivity contribution in [2.45, 2.75) is 69.3 Å². The second-order valence-corrected chi connectivity index (χ2v) is 15.8. The Kier molecular flexibility index (Phi) is 12.0. The van der Waals surface area contributed by atoms with Gasteiger partial charge in [0.15, 0.2) is 11.8 Å². The van der Waals surface area contributed by atoms with Crippen LogP contribution in [0.5, 0.6) is 0 Å². The van der Waals surface area contributed by atoms with Gasteiger partial charge in [-0.2, -0.15) is 19.0 Å². The number of ether oxygens (including phenoxy) is 1. The van der Waals surface area contributed by atoms with Gasteiger partial charge >= 0.3 is 12.6 Å². The maximum atomic E-state index is 14.5. The van der Waals surface area contributed by atoms with Crippen LogP contribution in [0.25, 0.3) is 22.5 Å². The molecule has 5 rings (SSSR count). The van der Waals surface area contributed by atoms with Gasteiger partial charge in [0.25, 0.3) is 18.3 Å². The maximum absolute atomic E-state index is 14.5. The summed E-state index contributed by atoms with van der Waals surface area (Å²) in [5.41, 5.74) is -1.98. The van der Waals surface area contributed by atoms with Gasteiger partial charge in [-0.3, -0.25) is 19.8 Å². The lowest BCUT2D eigenvalue weighted by atomic mass is 9.49. The molecule has 0 saturated heterocycles. The summed E-state index contributed by atoms with van der Waals surface area (Å²) in [6.07, 6.45) is -0.737. The molecule has 2 aromatic heterocycles. The lowest BCUT2D eigenvalue weighted by Gasteiger charge is -2.33. The first-order chi connectivity index (χ1) is 26.0. The summed E-state index contributed by atoms with van der Waals surface area (Å²) in [6.45, 7) is -0.106. The molecule has 1 aliphatic carbocycles. The molecule has 0 unspecified atom stereocenters. The molecular formula is C34H39B3ClF6N9O3. The summed E-state index contributed by atoms with van der Waals surface area (Å²) in [5, 5.41) is 21.9. The number of alkyl carbamates (subject to hydrolysis) is 1. The van der Waals surface area contributed by atoms with Crippen molar-refractivity contribution in [1.82, 2.24) is 40.1 Å². The third-order valence-electron chi connectivity index (χ3n) is 9.51. The van der Waals surface area contributed by atoms with Crippen LogP contribution in [-0.2, 0) is 9.97 Å². The van der Waals surface area contributed by atoms with Crippen LogP contribution in [0.4, 0.5) is 31.1 Å². The second-order valence-electron chi connectivity index (χ2n) is 15.4. The molecule has 2 aromatic carbocycles.